The monoisotopic (exact) mass is 1330 g/mol. The zero-order valence-corrected chi connectivity index (χ0v) is 57.8. The van der Waals surface area contributed by atoms with Gasteiger partial charge in [0.2, 0.25) is 0 Å². The van der Waals surface area contributed by atoms with Gasteiger partial charge in [0.25, 0.3) is 0 Å². The van der Waals surface area contributed by atoms with Gasteiger partial charge in [-0.25, -0.2) is 0 Å². The van der Waals surface area contributed by atoms with Crippen LogP contribution >= 0.6 is 0 Å². The van der Waals surface area contributed by atoms with E-state index in [-0.39, 0.29) is 65.1 Å². The second kappa shape index (κ2) is 25.5. The second-order valence-electron chi connectivity index (χ2n) is 30.1. The van der Waals surface area contributed by atoms with E-state index in [1.807, 2.05) is 40.1 Å². The number of nitrogens with zero attached hydrogens (tertiary/aromatic N) is 2. The standard InChI is InChI=1S/C35H36N.C34H34N.C13H24O2.Ir/c1-21-11-12-25-23(15-21)16-30-29(31(25)20-35(5,6)7)18-24-17-28-22(19-34(2,3)4)9-8-10-26(28)27-13-14-36-33(30)32(24)27;1-33(2,3)19-22-11-9-13-25-26-14-15-35-32-29-16-21-10-7-8-12-24(21)30(20-34(4,5)6)28(29)18-23(31(26)32)17-27(22)25;1-5-10(6-2)12(14)9-13(15)11(7-3)8-4;/h8-15,17H,18-20H2,1-7H3;7-15,17H,18-20H2,1-6H3;9-11,14H,5-8H2,1-4H3;/q2*-1;;/b;;12-9-;. The van der Waals surface area contributed by atoms with Gasteiger partial charge in [-0.3, -0.25) is 14.8 Å². The molecule has 2 aromatic heterocycles. The maximum absolute atomic E-state index is 11.7. The maximum Gasteiger partial charge on any atom is 0.162 e. The minimum Gasteiger partial charge on any atom is -0.512 e. The van der Waals surface area contributed by atoms with Crippen molar-refractivity contribution < 1.29 is 30.0 Å². The molecule has 0 unspecified atom stereocenters. The van der Waals surface area contributed by atoms with Crippen molar-refractivity contribution in [1.29, 1.82) is 0 Å². The number of allylic oxidation sites excluding steroid dienone is 2. The fourth-order valence-electron chi connectivity index (χ4n) is 14.0. The van der Waals surface area contributed by atoms with Gasteiger partial charge in [0, 0.05) is 61.8 Å². The van der Waals surface area contributed by atoms with E-state index in [0.29, 0.717) is 0 Å². The van der Waals surface area contributed by atoms with Gasteiger partial charge >= 0.3 is 0 Å². The molecule has 2 heterocycles. The predicted octanol–water partition coefficient (Wildman–Crippen LogP) is 22.4. The maximum atomic E-state index is 11.7. The molecule has 4 nitrogen and oxygen atoms in total. The Bertz CT molecular complexity index is 4260. The molecule has 0 amide bonds. The molecule has 0 bridgehead atoms. The van der Waals surface area contributed by atoms with Gasteiger partial charge in [-0.1, -0.05) is 217 Å². The smallest absolute Gasteiger partial charge is 0.162 e. The normalized spacial score (nSPS) is 13.2. The third-order valence-corrected chi connectivity index (χ3v) is 17.9. The van der Waals surface area contributed by atoms with Crippen LogP contribution in [0.15, 0.2) is 127 Å². The zero-order valence-electron chi connectivity index (χ0n) is 55.4. The fraction of sp³-hybridized carbons (Fsp3) is 0.402. The second-order valence-corrected chi connectivity index (χ2v) is 30.1. The first-order valence-electron chi connectivity index (χ1n) is 32.2. The van der Waals surface area contributed by atoms with Crippen molar-refractivity contribution in [2.75, 3.05) is 0 Å². The molecule has 5 heteroatoms. The minimum absolute atomic E-state index is 0. The first-order chi connectivity index (χ1) is 40.7. The van der Waals surface area contributed by atoms with E-state index < -0.39 is 0 Å². The Labute approximate surface area is 534 Å². The Morgan fingerprint density at radius 3 is 1.37 bits per heavy atom. The molecular weight excluding hydrogens is 1240 g/mol. The first kappa shape index (κ1) is 64.9. The number of pyridine rings is 2. The average Bonchev–Trinajstić information content (AvgIpc) is 0.786. The van der Waals surface area contributed by atoms with Crippen LogP contribution in [0.25, 0.3) is 87.1 Å². The number of carbonyl (C=O) groups excluding carboxylic acids is 1. The molecule has 87 heavy (non-hydrogen) atoms. The van der Waals surface area contributed by atoms with Gasteiger partial charge in [0.1, 0.15) is 0 Å². The quantitative estimate of drug-likeness (QED) is 0.0607. The third-order valence-electron chi connectivity index (χ3n) is 17.9. The van der Waals surface area contributed by atoms with E-state index in [2.05, 4.69) is 205 Å². The summed E-state index contributed by atoms with van der Waals surface area (Å²) < 4.78 is 0. The molecule has 2 aliphatic carbocycles. The summed E-state index contributed by atoms with van der Waals surface area (Å²) in [6, 6.07) is 46.3. The Balaban J connectivity index is 0.000000168. The molecule has 455 valence electrons. The zero-order chi connectivity index (χ0) is 61.8. The molecule has 0 saturated carbocycles. The van der Waals surface area contributed by atoms with Gasteiger partial charge < -0.3 is 5.11 Å². The SMILES string of the molecule is CC(C)(C)Cc1c2c([c-]c3ccccc13)-c1nccc3c1c(cc1c(CC(C)(C)C)cccc13)C2.CCC(CC)C(=O)/C=C(\O)C(CC)CC.Cc1ccc2c(CC(C)(C)C)c3c([c-]c2c1)-c1nccc2c1c(cc1c(CC(C)(C)C)cccc12)C3.[Ir]. The van der Waals surface area contributed by atoms with Crippen LogP contribution in [0.4, 0.5) is 0 Å². The topological polar surface area (TPSA) is 63.1 Å². The average molecular weight is 1330 g/mol. The number of carbonyl (C=O) groups is 1. The number of aromatic nitrogens is 2. The molecule has 0 atom stereocenters. The number of aliphatic hydroxyl groups excluding tert-OH is 1. The van der Waals surface area contributed by atoms with Gasteiger partial charge in [-0.05, 0) is 170 Å². The number of fused-ring (bicyclic) bond motifs is 10. The predicted molar refractivity (Wildman–Crippen MR) is 369 cm³/mol. The summed E-state index contributed by atoms with van der Waals surface area (Å²) in [6.45, 7) is 38.3. The first-order valence-corrected chi connectivity index (χ1v) is 32.2. The summed E-state index contributed by atoms with van der Waals surface area (Å²) in [5, 5.41) is 25.6. The van der Waals surface area contributed by atoms with Crippen molar-refractivity contribution >= 4 is 70.4 Å². The molecule has 8 aromatic carbocycles. The van der Waals surface area contributed by atoms with Gasteiger partial charge in [0.15, 0.2) is 5.78 Å². The Morgan fingerprint density at radius 1 is 0.494 bits per heavy atom. The van der Waals surface area contributed by atoms with Crippen LogP contribution in [-0.2, 0) is 63.4 Å². The van der Waals surface area contributed by atoms with Crippen LogP contribution in [0.1, 0.15) is 187 Å². The van der Waals surface area contributed by atoms with Gasteiger partial charge in [0.05, 0.1) is 5.76 Å². The van der Waals surface area contributed by atoms with E-state index in [1.54, 1.807) is 0 Å². The van der Waals surface area contributed by atoms with Gasteiger partial charge in [-0.15, -0.1) is 57.3 Å². The van der Waals surface area contributed by atoms with Crippen LogP contribution in [0.2, 0.25) is 0 Å². The van der Waals surface area contributed by atoms with E-state index in [0.717, 1.165) is 75.6 Å². The van der Waals surface area contributed by atoms with Crippen molar-refractivity contribution in [3.8, 4) is 22.5 Å². The summed E-state index contributed by atoms with van der Waals surface area (Å²) in [4.78, 5) is 21.7. The minimum atomic E-state index is 0. The van der Waals surface area contributed by atoms with E-state index in [9.17, 15) is 9.90 Å². The number of hydrogen-bond donors (Lipinski definition) is 1. The number of benzene rings is 8. The molecule has 2 aliphatic rings. The molecule has 12 rings (SSSR count). The summed E-state index contributed by atoms with van der Waals surface area (Å²) >= 11 is 0. The Kier molecular flexibility index (Phi) is 19.1. The van der Waals surface area contributed by atoms with Crippen LogP contribution in [0.3, 0.4) is 0 Å². The van der Waals surface area contributed by atoms with E-state index in [4.69, 9.17) is 9.97 Å². The largest absolute Gasteiger partial charge is 0.512 e. The van der Waals surface area contributed by atoms with E-state index >= 15 is 0 Å². The third kappa shape index (κ3) is 13.9. The summed E-state index contributed by atoms with van der Waals surface area (Å²) in [6.07, 6.45) is 15.0. The molecule has 0 spiro atoms. The number of aliphatic hydroxyl groups is 1. The van der Waals surface area contributed by atoms with E-state index in [1.165, 1.54) is 132 Å². The Hall–Kier alpha value is -6.52. The number of rotatable bonds is 11. The molecule has 0 saturated heterocycles. The number of aryl methyl sites for hydroxylation is 1. The molecule has 0 aliphatic heterocycles. The number of hydrogen-bond acceptors (Lipinski definition) is 4. The molecule has 10 aromatic rings. The molecular formula is C82H94IrN2O2-2. The van der Waals surface area contributed by atoms with Crippen LogP contribution in [0, 0.1) is 52.6 Å². The molecule has 0 fully saturated rings. The van der Waals surface area contributed by atoms with Crippen molar-refractivity contribution in [2.24, 2.45) is 33.5 Å². The van der Waals surface area contributed by atoms with Gasteiger partial charge in [-0.2, -0.15) is 0 Å². The summed E-state index contributed by atoms with van der Waals surface area (Å²) in [5.74, 6) is 0.547. The number of ketones is 1. The van der Waals surface area contributed by atoms with Crippen molar-refractivity contribution in [1.82, 2.24) is 9.97 Å². The van der Waals surface area contributed by atoms with Crippen LogP contribution < -0.4 is 0 Å². The summed E-state index contributed by atoms with van der Waals surface area (Å²) in [7, 11) is 0. The van der Waals surface area contributed by atoms with Crippen LogP contribution in [-0.4, -0.2) is 20.9 Å². The van der Waals surface area contributed by atoms with Crippen molar-refractivity contribution in [3.63, 3.8) is 0 Å². The van der Waals surface area contributed by atoms with Crippen LogP contribution in [0.5, 0.6) is 0 Å². The fourth-order valence-corrected chi connectivity index (χ4v) is 14.0. The molecule has 1 N–H and O–H groups in total. The van der Waals surface area contributed by atoms with Crippen molar-refractivity contribution in [3.05, 3.63) is 190 Å². The van der Waals surface area contributed by atoms with Crippen molar-refractivity contribution in [2.45, 2.75) is 182 Å². The Morgan fingerprint density at radius 2 is 0.920 bits per heavy atom. The molecule has 1 radical (unpaired) electrons. The summed E-state index contributed by atoms with van der Waals surface area (Å²) in [5.41, 5.74) is 18.2.